The SMILES string of the molecule is CC(C)(C=O)c1ccc(SCc2ccccc2)cc1. The van der Waals surface area contributed by atoms with Gasteiger partial charge < -0.3 is 4.79 Å². The van der Waals surface area contributed by atoms with Gasteiger partial charge in [-0.15, -0.1) is 11.8 Å². The Morgan fingerprint density at radius 3 is 2.21 bits per heavy atom. The molecular weight excluding hydrogens is 252 g/mol. The van der Waals surface area contributed by atoms with Crippen LogP contribution in [0.15, 0.2) is 59.5 Å². The molecule has 0 fully saturated rings. The first-order valence-electron chi connectivity index (χ1n) is 6.35. The van der Waals surface area contributed by atoms with Crippen molar-refractivity contribution in [2.24, 2.45) is 0 Å². The van der Waals surface area contributed by atoms with Gasteiger partial charge in [-0.2, -0.15) is 0 Å². The summed E-state index contributed by atoms with van der Waals surface area (Å²) in [6.45, 7) is 3.87. The lowest BCUT2D eigenvalue weighted by Crippen LogP contribution is -2.18. The summed E-state index contributed by atoms with van der Waals surface area (Å²) >= 11 is 1.81. The van der Waals surface area contributed by atoms with Crippen molar-refractivity contribution in [2.75, 3.05) is 0 Å². The van der Waals surface area contributed by atoms with E-state index in [0.29, 0.717) is 0 Å². The molecule has 0 aromatic heterocycles. The Balaban J connectivity index is 2.01. The lowest BCUT2D eigenvalue weighted by molar-refractivity contribution is -0.111. The van der Waals surface area contributed by atoms with Crippen LogP contribution in [0.4, 0.5) is 0 Å². The minimum Gasteiger partial charge on any atom is -0.302 e. The van der Waals surface area contributed by atoms with Crippen molar-refractivity contribution >= 4 is 18.0 Å². The first kappa shape index (κ1) is 13.9. The van der Waals surface area contributed by atoms with E-state index in [0.717, 1.165) is 17.6 Å². The van der Waals surface area contributed by atoms with Gasteiger partial charge in [-0.3, -0.25) is 0 Å². The lowest BCUT2D eigenvalue weighted by atomic mass is 9.87. The van der Waals surface area contributed by atoms with Crippen LogP contribution in [-0.4, -0.2) is 6.29 Å². The first-order chi connectivity index (χ1) is 9.12. The van der Waals surface area contributed by atoms with E-state index in [9.17, 15) is 4.79 Å². The maximum atomic E-state index is 11.0. The highest BCUT2D eigenvalue weighted by molar-refractivity contribution is 7.98. The Morgan fingerprint density at radius 1 is 1.00 bits per heavy atom. The summed E-state index contributed by atoms with van der Waals surface area (Å²) in [4.78, 5) is 12.2. The molecule has 0 N–H and O–H groups in total. The second-order valence-corrected chi connectivity index (χ2v) is 6.19. The molecule has 2 aromatic rings. The van der Waals surface area contributed by atoms with E-state index in [1.165, 1.54) is 10.5 Å². The molecule has 2 heteroatoms. The molecule has 0 saturated heterocycles. The van der Waals surface area contributed by atoms with Crippen LogP contribution in [0.5, 0.6) is 0 Å². The molecule has 2 aromatic carbocycles. The first-order valence-corrected chi connectivity index (χ1v) is 7.34. The van der Waals surface area contributed by atoms with Crippen LogP contribution >= 0.6 is 11.8 Å². The van der Waals surface area contributed by atoms with Crippen molar-refractivity contribution < 1.29 is 4.79 Å². The Labute approximate surface area is 119 Å². The fraction of sp³-hybridized carbons (Fsp3) is 0.235. The summed E-state index contributed by atoms with van der Waals surface area (Å²) < 4.78 is 0. The van der Waals surface area contributed by atoms with Gasteiger partial charge in [-0.05, 0) is 37.1 Å². The Morgan fingerprint density at radius 2 is 1.63 bits per heavy atom. The smallest absolute Gasteiger partial charge is 0.129 e. The van der Waals surface area contributed by atoms with Crippen molar-refractivity contribution in [3.05, 3.63) is 65.7 Å². The molecular formula is C17H18OS. The zero-order valence-corrected chi connectivity index (χ0v) is 12.1. The number of thioether (sulfide) groups is 1. The van der Waals surface area contributed by atoms with E-state index >= 15 is 0 Å². The third kappa shape index (κ3) is 3.71. The molecule has 0 aliphatic carbocycles. The van der Waals surface area contributed by atoms with E-state index in [1.54, 1.807) is 0 Å². The van der Waals surface area contributed by atoms with Crippen LogP contribution in [0.2, 0.25) is 0 Å². The summed E-state index contributed by atoms with van der Waals surface area (Å²) in [6.07, 6.45) is 0.999. The van der Waals surface area contributed by atoms with Crippen molar-refractivity contribution in [1.82, 2.24) is 0 Å². The molecule has 0 aliphatic rings. The molecule has 0 atom stereocenters. The average Bonchev–Trinajstić information content (AvgIpc) is 2.47. The van der Waals surface area contributed by atoms with Crippen LogP contribution < -0.4 is 0 Å². The van der Waals surface area contributed by atoms with Gasteiger partial charge in [0.2, 0.25) is 0 Å². The molecule has 0 saturated carbocycles. The molecule has 0 bridgehead atoms. The van der Waals surface area contributed by atoms with Crippen molar-refractivity contribution in [2.45, 2.75) is 29.9 Å². The predicted octanol–water partition coefficient (Wildman–Crippen LogP) is 4.46. The number of benzene rings is 2. The molecule has 0 amide bonds. The van der Waals surface area contributed by atoms with Crippen molar-refractivity contribution in [3.8, 4) is 0 Å². The second kappa shape index (κ2) is 6.07. The third-order valence-electron chi connectivity index (χ3n) is 3.14. The molecule has 2 rings (SSSR count). The summed E-state index contributed by atoms with van der Waals surface area (Å²) in [6, 6.07) is 18.7. The zero-order valence-electron chi connectivity index (χ0n) is 11.3. The van der Waals surface area contributed by atoms with Gasteiger partial charge >= 0.3 is 0 Å². The number of hydrogen-bond donors (Lipinski definition) is 0. The van der Waals surface area contributed by atoms with Crippen molar-refractivity contribution in [1.29, 1.82) is 0 Å². The van der Waals surface area contributed by atoms with Crippen LogP contribution in [-0.2, 0) is 16.0 Å². The van der Waals surface area contributed by atoms with Gasteiger partial charge in [0.05, 0.1) is 0 Å². The topological polar surface area (TPSA) is 17.1 Å². The normalized spacial score (nSPS) is 11.3. The van der Waals surface area contributed by atoms with E-state index in [1.807, 2.05) is 43.8 Å². The van der Waals surface area contributed by atoms with E-state index < -0.39 is 5.41 Å². The number of hydrogen-bond acceptors (Lipinski definition) is 2. The highest BCUT2D eigenvalue weighted by Crippen LogP contribution is 2.26. The summed E-state index contributed by atoms with van der Waals surface area (Å²) in [5, 5.41) is 0. The largest absolute Gasteiger partial charge is 0.302 e. The predicted molar refractivity (Wildman–Crippen MR) is 81.5 cm³/mol. The highest BCUT2D eigenvalue weighted by Gasteiger charge is 2.18. The van der Waals surface area contributed by atoms with Gasteiger partial charge in [-0.1, -0.05) is 42.5 Å². The van der Waals surface area contributed by atoms with Gasteiger partial charge in [0.25, 0.3) is 0 Å². The minimum atomic E-state index is -0.400. The maximum absolute atomic E-state index is 11.0. The monoisotopic (exact) mass is 270 g/mol. The van der Waals surface area contributed by atoms with Crippen LogP contribution in [0.3, 0.4) is 0 Å². The average molecular weight is 270 g/mol. The van der Waals surface area contributed by atoms with Gasteiger partial charge in [0.15, 0.2) is 0 Å². The van der Waals surface area contributed by atoms with Gasteiger partial charge in [0.1, 0.15) is 6.29 Å². The van der Waals surface area contributed by atoms with E-state index in [-0.39, 0.29) is 0 Å². The Hall–Kier alpha value is -1.54. The molecule has 0 aliphatic heterocycles. The van der Waals surface area contributed by atoms with E-state index in [2.05, 4.69) is 36.4 Å². The molecule has 0 unspecified atom stereocenters. The van der Waals surface area contributed by atoms with Crippen LogP contribution in [0.25, 0.3) is 0 Å². The number of carbonyl (C=O) groups excluding carboxylic acids is 1. The molecule has 19 heavy (non-hydrogen) atoms. The molecule has 0 spiro atoms. The molecule has 0 heterocycles. The molecule has 0 radical (unpaired) electrons. The zero-order chi connectivity index (χ0) is 13.7. The lowest BCUT2D eigenvalue weighted by Gasteiger charge is -2.17. The second-order valence-electron chi connectivity index (χ2n) is 5.14. The minimum absolute atomic E-state index is 0.400. The third-order valence-corrected chi connectivity index (χ3v) is 4.22. The fourth-order valence-corrected chi connectivity index (χ4v) is 2.64. The van der Waals surface area contributed by atoms with Crippen LogP contribution in [0.1, 0.15) is 25.0 Å². The van der Waals surface area contributed by atoms with Gasteiger partial charge in [-0.25, -0.2) is 0 Å². The summed E-state index contributed by atoms with van der Waals surface area (Å²) in [5.41, 5.74) is 1.99. The van der Waals surface area contributed by atoms with Gasteiger partial charge in [0, 0.05) is 16.1 Å². The van der Waals surface area contributed by atoms with Crippen molar-refractivity contribution in [3.63, 3.8) is 0 Å². The van der Waals surface area contributed by atoms with E-state index in [4.69, 9.17) is 0 Å². The molecule has 98 valence electrons. The fourth-order valence-electron chi connectivity index (χ4n) is 1.79. The quantitative estimate of drug-likeness (QED) is 0.589. The standard InChI is InChI=1S/C17H18OS/c1-17(2,13-18)15-8-10-16(11-9-15)19-12-14-6-4-3-5-7-14/h3-11,13H,12H2,1-2H3. The number of aldehydes is 1. The molecule has 1 nitrogen and oxygen atoms in total. The Kier molecular flexibility index (Phi) is 4.43. The van der Waals surface area contributed by atoms with Crippen LogP contribution in [0, 0.1) is 0 Å². The summed E-state index contributed by atoms with van der Waals surface area (Å²) in [5.74, 6) is 0.970. The number of carbonyl (C=O) groups is 1. The maximum Gasteiger partial charge on any atom is 0.129 e. The summed E-state index contributed by atoms with van der Waals surface area (Å²) in [7, 11) is 0. The number of rotatable bonds is 5. The highest BCUT2D eigenvalue weighted by atomic mass is 32.2. The Bertz CT molecular complexity index is 529.